The molecule has 1 aliphatic heterocycles. The first-order valence-electron chi connectivity index (χ1n) is 4.93. The summed E-state index contributed by atoms with van der Waals surface area (Å²) in [7, 11) is 0. The lowest BCUT2D eigenvalue weighted by molar-refractivity contribution is 0.149. The van der Waals surface area contributed by atoms with E-state index in [9.17, 15) is 8.78 Å². The van der Waals surface area contributed by atoms with Crippen LogP contribution in [0.5, 0.6) is 5.75 Å². The predicted molar refractivity (Wildman–Crippen MR) is 60.6 cm³/mol. The van der Waals surface area contributed by atoms with Crippen molar-refractivity contribution in [1.82, 2.24) is 0 Å². The fourth-order valence-electron chi connectivity index (χ4n) is 1.78. The van der Waals surface area contributed by atoms with Gasteiger partial charge in [-0.25, -0.2) is 8.78 Å². The second-order valence-electron chi connectivity index (χ2n) is 3.81. The lowest BCUT2D eigenvalue weighted by Crippen LogP contribution is -2.33. The molecule has 0 amide bonds. The Morgan fingerprint density at radius 1 is 1.44 bits per heavy atom. The van der Waals surface area contributed by atoms with Gasteiger partial charge in [0, 0.05) is 12.5 Å². The minimum Gasteiger partial charge on any atom is -0.492 e. The summed E-state index contributed by atoms with van der Waals surface area (Å²) in [5.41, 5.74) is 7.30. The molecule has 2 nitrogen and oxygen atoms in total. The zero-order valence-electron chi connectivity index (χ0n) is 8.66. The first-order valence-corrected chi connectivity index (χ1v) is 4.93. The van der Waals surface area contributed by atoms with Gasteiger partial charge in [0.15, 0.2) is 0 Å². The summed E-state index contributed by atoms with van der Waals surface area (Å²) in [5.74, 6) is 0.773. The molecule has 2 rings (SSSR count). The Kier molecular flexibility index (Phi) is 4.50. The van der Waals surface area contributed by atoms with Gasteiger partial charge in [-0.3, -0.25) is 0 Å². The van der Waals surface area contributed by atoms with Gasteiger partial charge in [0.2, 0.25) is 6.43 Å². The molecular formula is C11H14ClF2NO. The number of alkyl halides is 2. The van der Waals surface area contributed by atoms with Crippen molar-refractivity contribution in [3.05, 3.63) is 29.3 Å². The Morgan fingerprint density at radius 2 is 2.19 bits per heavy atom. The van der Waals surface area contributed by atoms with E-state index >= 15 is 0 Å². The Morgan fingerprint density at radius 3 is 2.88 bits per heavy atom. The van der Waals surface area contributed by atoms with Crippen molar-refractivity contribution in [3.8, 4) is 5.75 Å². The molecule has 1 aliphatic rings. The van der Waals surface area contributed by atoms with Crippen molar-refractivity contribution in [2.45, 2.75) is 25.3 Å². The van der Waals surface area contributed by atoms with E-state index in [4.69, 9.17) is 10.5 Å². The van der Waals surface area contributed by atoms with E-state index in [1.165, 1.54) is 0 Å². The van der Waals surface area contributed by atoms with Gasteiger partial charge in [0.1, 0.15) is 12.4 Å². The summed E-state index contributed by atoms with van der Waals surface area (Å²) in [5, 5.41) is 0. The molecule has 0 unspecified atom stereocenters. The number of ether oxygens (including phenoxy) is 1. The van der Waals surface area contributed by atoms with Crippen molar-refractivity contribution in [2.24, 2.45) is 5.73 Å². The highest BCUT2D eigenvalue weighted by Crippen LogP contribution is 2.25. The molecule has 1 aromatic carbocycles. The molecule has 2 N–H and O–H groups in total. The zero-order valence-corrected chi connectivity index (χ0v) is 9.47. The van der Waals surface area contributed by atoms with Gasteiger partial charge in [-0.15, -0.1) is 12.4 Å². The smallest absolute Gasteiger partial charge is 0.242 e. The first kappa shape index (κ1) is 13.2. The van der Waals surface area contributed by atoms with Crippen molar-refractivity contribution in [1.29, 1.82) is 0 Å². The quantitative estimate of drug-likeness (QED) is 0.872. The van der Waals surface area contributed by atoms with E-state index in [1.807, 2.05) is 0 Å². The highest BCUT2D eigenvalue weighted by molar-refractivity contribution is 5.85. The van der Waals surface area contributed by atoms with Crippen molar-refractivity contribution in [3.63, 3.8) is 0 Å². The maximum absolute atomic E-state index is 12.2. The summed E-state index contributed by atoms with van der Waals surface area (Å²) in [4.78, 5) is 0. The lowest BCUT2D eigenvalue weighted by atomic mass is 10.00. The molecule has 0 saturated heterocycles. The fourth-order valence-corrected chi connectivity index (χ4v) is 1.78. The Bertz CT molecular complexity index is 360. The van der Waals surface area contributed by atoms with Crippen LogP contribution in [-0.4, -0.2) is 19.1 Å². The molecule has 0 aliphatic carbocycles. The number of halogens is 3. The Balaban J connectivity index is 0.00000128. The average molecular weight is 250 g/mol. The van der Waals surface area contributed by atoms with Crippen LogP contribution in [0.25, 0.3) is 0 Å². The second-order valence-corrected chi connectivity index (χ2v) is 3.81. The van der Waals surface area contributed by atoms with Gasteiger partial charge in [-0.2, -0.15) is 0 Å². The number of hydrogen-bond acceptors (Lipinski definition) is 2. The molecule has 0 spiro atoms. The molecule has 1 aromatic rings. The number of hydrogen-bond donors (Lipinski definition) is 1. The number of nitrogens with two attached hydrogens (primary N) is 1. The van der Waals surface area contributed by atoms with E-state index in [2.05, 4.69) is 0 Å². The first-order chi connectivity index (χ1) is 7.15. The van der Waals surface area contributed by atoms with Crippen LogP contribution in [0.1, 0.15) is 11.1 Å². The monoisotopic (exact) mass is 249 g/mol. The van der Waals surface area contributed by atoms with Gasteiger partial charge in [0.05, 0.1) is 0 Å². The summed E-state index contributed by atoms with van der Waals surface area (Å²) in [6.45, 7) is 0.501. The summed E-state index contributed by atoms with van der Waals surface area (Å²) < 4.78 is 29.7. The Labute approximate surface area is 99.2 Å². The Hall–Kier alpha value is -0.870. The molecule has 16 heavy (non-hydrogen) atoms. The maximum Gasteiger partial charge on any atom is 0.242 e. The molecular weight excluding hydrogens is 236 g/mol. The van der Waals surface area contributed by atoms with Crippen LogP contribution >= 0.6 is 12.4 Å². The lowest BCUT2D eigenvalue weighted by Gasteiger charge is -2.22. The van der Waals surface area contributed by atoms with Crippen LogP contribution in [0.15, 0.2) is 18.2 Å². The third-order valence-electron chi connectivity index (χ3n) is 2.45. The van der Waals surface area contributed by atoms with Gasteiger partial charge >= 0.3 is 0 Å². The number of benzene rings is 1. The highest BCUT2D eigenvalue weighted by atomic mass is 35.5. The topological polar surface area (TPSA) is 35.2 Å². The standard InChI is InChI=1S/C11H13F2NO.ClH/c12-11(13)4-7-1-2-10-8(3-7)5-9(14)6-15-10;/h1-3,9,11H,4-6,14H2;1H/t9-;/m1./s1. The largest absolute Gasteiger partial charge is 0.492 e. The molecule has 0 saturated carbocycles. The van der Waals surface area contributed by atoms with Crippen molar-refractivity contribution in [2.75, 3.05) is 6.61 Å². The van der Waals surface area contributed by atoms with Crippen LogP contribution < -0.4 is 10.5 Å². The van der Waals surface area contributed by atoms with Gasteiger partial charge in [-0.05, 0) is 23.6 Å². The van der Waals surface area contributed by atoms with Gasteiger partial charge in [0.25, 0.3) is 0 Å². The van der Waals surface area contributed by atoms with E-state index < -0.39 is 6.43 Å². The summed E-state index contributed by atoms with van der Waals surface area (Å²) >= 11 is 0. The van der Waals surface area contributed by atoms with Crippen LogP contribution in [0, 0.1) is 0 Å². The van der Waals surface area contributed by atoms with Crippen molar-refractivity contribution < 1.29 is 13.5 Å². The SMILES string of the molecule is Cl.N[C@H]1COc2ccc(CC(F)F)cc2C1. The van der Waals surface area contributed by atoms with E-state index in [0.29, 0.717) is 18.6 Å². The van der Waals surface area contributed by atoms with Crippen LogP contribution in [0.4, 0.5) is 8.78 Å². The van der Waals surface area contributed by atoms with Crippen LogP contribution in [-0.2, 0) is 12.8 Å². The van der Waals surface area contributed by atoms with E-state index in [0.717, 1.165) is 11.3 Å². The molecule has 1 atom stereocenters. The van der Waals surface area contributed by atoms with Crippen molar-refractivity contribution >= 4 is 12.4 Å². The van der Waals surface area contributed by atoms with Crippen LogP contribution in [0.2, 0.25) is 0 Å². The minimum atomic E-state index is -2.30. The number of fused-ring (bicyclic) bond motifs is 1. The van der Waals surface area contributed by atoms with E-state index in [1.54, 1.807) is 18.2 Å². The molecule has 5 heteroatoms. The maximum atomic E-state index is 12.2. The van der Waals surface area contributed by atoms with Crippen LogP contribution in [0.3, 0.4) is 0 Å². The highest BCUT2D eigenvalue weighted by Gasteiger charge is 2.17. The summed E-state index contributed by atoms with van der Waals surface area (Å²) in [6, 6.07) is 5.17. The third-order valence-corrected chi connectivity index (χ3v) is 2.45. The second kappa shape index (κ2) is 5.46. The normalized spacial score (nSPS) is 18.6. The minimum absolute atomic E-state index is 0. The predicted octanol–water partition coefficient (Wildman–Crippen LogP) is 2.18. The molecule has 0 aromatic heterocycles. The summed E-state index contributed by atoms with van der Waals surface area (Å²) in [6.07, 6.45) is -1.81. The molecule has 0 fully saturated rings. The zero-order chi connectivity index (χ0) is 10.8. The molecule has 90 valence electrons. The van der Waals surface area contributed by atoms with Gasteiger partial charge in [-0.1, -0.05) is 12.1 Å². The van der Waals surface area contributed by atoms with E-state index in [-0.39, 0.29) is 24.9 Å². The fraction of sp³-hybridized carbons (Fsp3) is 0.455. The molecule has 1 heterocycles. The number of rotatable bonds is 2. The average Bonchev–Trinajstić information content (AvgIpc) is 2.16. The molecule has 0 radical (unpaired) electrons. The third kappa shape index (κ3) is 3.06. The molecule has 0 bridgehead atoms. The van der Waals surface area contributed by atoms with Gasteiger partial charge < -0.3 is 10.5 Å².